The van der Waals surface area contributed by atoms with Crippen LogP contribution in [0.5, 0.6) is 0 Å². The Bertz CT molecular complexity index is 404. The summed E-state index contributed by atoms with van der Waals surface area (Å²) >= 11 is 5.14. The summed E-state index contributed by atoms with van der Waals surface area (Å²) in [6.45, 7) is 4.15. The summed E-state index contributed by atoms with van der Waals surface area (Å²) in [5, 5.41) is 3.36. The third-order valence-electron chi connectivity index (χ3n) is 3.84. The summed E-state index contributed by atoms with van der Waals surface area (Å²) in [6.07, 6.45) is 4.76. The second-order valence-electron chi connectivity index (χ2n) is 5.09. The number of nitrogens with one attached hydrogen (secondary N) is 1. The standard InChI is InChI=1S/C14H20BrNOS/c1-2-5-14(6-8-16-9-7-14)12(17)10-11-3-4-13(15)18-11/h3-4,16H,2,5-10H2,1H3. The van der Waals surface area contributed by atoms with Crippen LogP contribution in [-0.4, -0.2) is 18.9 Å². The predicted molar refractivity (Wildman–Crippen MR) is 80.2 cm³/mol. The maximum atomic E-state index is 12.7. The van der Waals surface area contributed by atoms with Gasteiger partial charge in [-0.15, -0.1) is 11.3 Å². The van der Waals surface area contributed by atoms with Crippen molar-refractivity contribution in [3.05, 3.63) is 20.8 Å². The molecule has 0 bridgehead atoms. The van der Waals surface area contributed by atoms with Gasteiger partial charge in [0.25, 0.3) is 0 Å². The SMILES string of the molecule is CCCC1(C(=O)Cc2ccc(Br)s2)CCNCC1. The molecular formula is C14H20BrNOS. The number of piperidine rings is 1. The summed E-state index contributed by atoms with van der Waals surface area (Å²) in [5.41, 5.74) is -0.0591. The number of carbonyl (C=O) groups is 1. The minimum atomic E-state index is -0.0591. The second-order valence-corrected chi connectivity index (χ2v) is 7.63. The van der Waals surface area contributed by atoms with Crippen LogP contribution in [-0.2, 0) is 11.2 Å². The molecule has 18 heavy (non-hydrogen) atoms. The van der Waals surface area contributed by atoms with Gasteiger partial charge in [-0.1, -0.05) is 13.3 Å². The first-order valence-corrected chi connectivity index (χ1v) is 8.25. The first-order valence-electron chi connectivity index (χ1n) is 6.64. The highest BCUT2D eigenvalue weighted by Crippen LogP contribution is 2.37. The molecule has 2 heterocycles. The third-order valence-corrected chi connectivity index (χ3v) is 5.47. The van der Waals surface area contributed by atoms with Gasteiger partial charge in [0, 0.05) is 16.7 Å². The number of rotatable bonds is 5. The van der Waals surface area contributed by atoms with Crippen LogP contribution in [0.4, 0.5) is 0 Å². The number of halogens is 1. The minimum absolute atomic E-state index is 0.0591. The lowest BCUT2D eigenvalue weighted by Crippen LogP contribution is -2.42. The number of ketones is 1. The molecule has 1 aliphatic rings. The Labute approximate surface area is 121 Å². The Morgan fingerprint density at radius 1 is 1.44 bits per heavy atom. The van der Waals surface area contributed by atoms with E-state index in [0.717, 1.165) is 42.6 Å². The number of hydrogen-bond acceptors (Lipinski definition) is 3. The molecule has 0 radical (unpaired) electrons. The van der Waals surface area contributed by atoms with E-state index in [0.29, 0.717) is 12.2 Å². The first kappa shape index (κ1) is 14.2. The molecule has 4 heteroatoms. The number of carbonyl (C=O) groups excluding carboxylic acids is 1. The van der Waals surface area contributed by atoms with Crippen LogP contribution in [0.3, 0.4) is 0 Å². The van der Waals surface area contributed by atoms with Gasteiger partial charge in [0.05, 0.1) is 3.79 Å². The van der Waals surface area contributed by atoms with Gasteiger partial charge in [0.2, 0.25) is 0 Å². The summed E-state index contributed by atoms with van der Waals surface area (Å²) in [4.78, 5) is 13.8. The molecule has 2 nitrogen and oxygen atoms in total. The van der Waals surface area contributed by atoms with E-state index in [-0.39, 0.29) is 5.41 Å². The molecule has 1 aromatic heterocycles. The fourth-order valence-electron chi connectivity index (χ4n) is 2.84. The van der Waals surface area contributed by atoms with E-state index in [1.54, 1.807) is 11.3 Å². The molecular weight excluding hydrogens is 310 g/mol. The van der Waals surface area contributed by atoms with Crippen molar-refractivity contribution in [3.63, 3.8) is 0 Å². The normalized spacial score (nSPS) is 18.8. The predicted octanol–water partition coefficient (Wildman–Crippen LogP) is 3.79. The molecule has 0 unspecified atom stereocenters. The molecule has 1 N–H and O–H groups in total. The fourth-order valence-corrected chi connectivity index (χ4v) is 4.33. The topological polar surface area (TPSA) is 29.1 Å². The van der Waals surface area contributed by atoms with Crippen molar-refractivity contribution in [2.45, 2.75) is 39.0 Å². The van der Waals surface area contributed by atoms with Gasteiger partial charge in [-0.25, -0.2) is 0 Å². The van der Waals surface area contributed by atoms with Crippen molar-refractivity contribution in [2.24, 2.45) is 5.41 Å². The largest absolute Gasteiger partial charge is 0.317 e. The Morgan fingerprint density at radius 2 is 2.17 bits per heavy atom. The highest BCUT2D eigenvalue weighted by atomic mass is 79.9. The lowest BCUT2D eigenvalue weighted by molar-refractivity contribution is -0.130. The van der Waals surface area contributed by atoms with E-state index in [1.807, 2.05) is 6.07 Å². The zero-order valence-corrected chi connectivity index (χ0v) is 13.2. The average molecular weight is 330 g/mol. The average Bonchev–Trinajstić information content (AvgIpc) is 2.76. The van der Waals surface area contributed by atoms with E-state index in [4.69, 9.17) is 0 Å². The zero-order chi connectivity index (χ0) is 13.0. The quantitative estimate of drug-likeness (QED) is 0.890. The van der Waals surface area contributed by atoms with Crippen molar-refractivity contribution in [2.75, 3.05) is 13.1 Å². The van der Waals surface area contributed by atoms with Crippen LogP contribution in [0.1, 0.15) is 37.5 Å². The van der Waals surface area contributed by atoms with Crippen LogP contribution >= 0.6 is 27.3 Å². The summed E-state index contributed by atoms with van der Waals surface area (Å²) < 4.78 is 1.11. The van der Waals surface area contributed by atoms with Crippen molar-refractivity contribution < 1.29 is 4.79 Å². The van der Waals surface area contributed by atoms with E-state index in [9.17, 15) is 4.79 Å². The van der Waals surface area contributed by atoms with E-state index in [1.165, 1.54) is 4.88 Å². The molecule has 1 aromatic rings. The van der Waals surface area contributed by atoms with Gasteiger partial charge >= 0.3 is 0 Å². The van der Waals surface area contributed by atoms with Gasteiger partial charge in [-0.2, -0.15) is 0 Å². The lowest BCUT2D eigenvalue weighted by Gasteiger charge is -2.36. The third kappa shape index (κ3) is 3.22. The van der Waals surface area contributed by atoms with Crippen LogP contribution in [0, 0.1) is 5.41 Å². The summed E-state index contributed by atoms with van der Waals surface area (Å²) in [7, 11) is 0. The lowest BCUT2D eigenvalue weighted by atomic mass is 9.71. The maximum absolute atomic E-state index is 12.7. The van der Waals surface area contributed by atoms with Crippen LogP contribution < -0.4 is 5.32 Å². The monoisotopic (exact) mass is 329 g/mol. The highest BCUT2D eigenvalue weighted by Gasteiger charge is 2.37. The molecule has 2 rings (SSSR count). The highest BCUT2D eigenvalue weighted by molar-refractivity contribution is 9.11. The van der Waals surface area contributed by atoms with Gasteiger partial charge in [0.15, 0.2) is 0 Å². The molecule has 1 saturated heterocycles. The number of thiophene rings is 1. The van der Waals surface area contributed by atoms with Crippen molar-refractivity contribution >= 4 is 33.0 Å². The fraction of sp³-hybridized carbons (Fsp3) is 0.643. The molecule has 1 aliphatic heterocycles. The smallest absolute Gasteiger partial charge is 0.144 e. The summed E-state index contributed by atoms with van der Waals surface area (Å²) in [5.74, 6) is 0.445. The molecule has 1 fully saturated rings. The molecule has 0 spiro atoms. The Balaban J connectivity index is 2.08. The van der Waals surface area contributed by atoms with Crippen LogP contribution in [0.25, 0.3) is 0 Å². The first-order chi connectivity index (χ1) is 8.66. The van der Waals surface area contributed by atoms with Gasteiger partial charge < -0.3 is 5.32 Å². The zero-order valence-electron chi connectivity index (χ0n) is 10.8. The van der Waals surface area contributed by atoms with Crippen molar-refractivity contribution in [1.29, 1.82) is 0 Å². The van der Waals surface area contributed by atoms with E-state index < -0.39 is 0 Å². The Kier molecular flexibility index (Phi) is 4.98. The summed E-state index contributed by atoms with van der Waals surface area (Å²) in [6, 6.07) is 4.09. The van der Waals surface area contributed by atoms with Gasteiger partial charge in [-0.05, 0) is 60.4 Å². The van der Waals surface area contributed by atoms with E-state index in [2.05, 4.69) is 34.2 Å². The molecule has 0 aromatic carbocycles. The molecule has 0 amide bonds. The number of Topliss-reactive ketones (excluding diaryl/α,β-unsaturated/α-hetero) is 1. The molecule has 100 valence electrons. The molecule has 0 aliphatic carbocycles. The Morgan fingerprint density at radius 3 is 2.72 bits per heavy atom. The Hall–Kier alpha value is -0.190. The van der Waals surface area contributed by atoms with Crippen LogP contribution in [0.15, 0.2) is 15.9 Å². The molecule has 0 atom stereocenters. The van der Waals surface area contributed by atoms with Crippen molar-refractivity contribution in [1.82, 2.24) is 5.32 Å². The molecule has 0 saturated carbocycles. The minimum Gasteiger partial charge on any atom is -0.317 e. The maximum Gasteiger partial charge on any atom is 0.144 e. The van der Waals surface area contributed by atoms with E-state index >= 15 is 0 Å². The van der Waals surface area contributed by atoms with Gasteiger partial charge in [0.1, 0.15) is 5.78 Å². The van der Waals surface area contributed by atoms with Crippen molar-refractivity contribution in [3.8, 4) is 0 Å². The van der Waals surface area contributed by atoms with Gasteiger partial charge in [-0.3, -0.25) is 4.79 Å². The second kappa shape index (κ2) is 6.31. The van der Waals surface area contributed by atoms with Crippen LogP contribution in [0.2, 0.25) is 0 Å². The number of hydrogen-bond donors (Lipinski definition) is 1.